The molecule has 1 atom stereocenters. The second-order valence-corrected chi connectivity index (χ2v) is 6.37. The zero-order valence-corrected chi connectivity index (χ0v) is 13.1. The van der Waals surface area contributed by atoms with Crippen molar-refractivity contribution in [1.82, 2.24) is 4.90 Å². The molecule has 1 amide bonds. The van der Waals surface area contributed by atoms with Crippen LogP contribution < -0.4 is 10.5 Å². The number of piperidine rings is 1. The molecule has 19 heavy (non-hydrogen) atoms. The summed E-state index contributed by atoms with van der Waals surface area (Å²) in [5.74, 6) is 0.833. The first-order valence-electron chi connectivity index (χ1n) is 6.11. The first-order chi connectivity index (χ1) is 8.44. The number of carbonyl (C=O) groups is 1. The fraction of sp³-hybridized carbons (Fsp3) is 0.615. The number of likely N-dealkylation sites (tertiary alicyclic amines) is 1. The van der Waals surface area contributed by atoms with Crippen molar-refractivity contribution in [2.75, 3.05) is 20.2 Å². The van der Waals surface area contributed by atoms with E-state index in [2.05, 4.69) is 13.8 Å². The maximum absolute atomic E-state index is 12.4. The summed E-state index contributed by atoms with van der Waals surface area (Å²) in [5, 5.41) is 1.86. The summed E-state index contributed by atoms with van der Waals surface area (Å²) >= 11 is 1.43. The summed E-state index contributed by atoms with van der Waals surface area (Å²) in [4.78, 5) is 15.0. The van der Waals surface area contributed by atoms with Gasteiger partial charge in [0.25, 0.3) is 5.91 Å². The van der Waals surface area contributed by atoms with E-state index in [4.69, 9.17) is 10.5 Å². The summed E-state index contributed by atoms with van der Waals surface area (Å²) in [6.07, 6.45) is 0.862. The molecule has 1 aliphatic rings. The Morgan fingerprint density at radius 3 is 2.79 bits per heavy atom. The van der Waals surface area contributed by atoms with Crippen molar-refractivity contribution in [3.63, 3.8) is 0 Å². The molecule has 1 saturated heterocycles. The minimum atomic E-state index is -0.0186. The number of nitrogens with two attached hydrogens (primary N) is 1. The van der Waals surface area contributed by atoms with E-state index < -0.39 is 0 Å². The first-order valence-corrected chi connectivity index (χ1v) is 6.99. The summed E-state index contributed by atoms with van der Waals surface area (Å²) in [6.45, 7) is 5.69. The van der Waals surface area contributed by atoms with Crippen LogP contribution in [0.3, 0.4) is 0 Å². The molecule has 0 spiro atoms. The number of methoxy groups -OCH3 is 1. The smallest absolute Gasteiger partial charge is 0.264 e. The Morgan fingerprint density at radius 2 is 2.26 bits per heavy atom. The maximum Gasteiger partial charge on any atom is 0.264 e. The standard InChI is InChI=1S/C13H20N2O2S.ClH/c1-13(2)8-15(5-4-11(13)14)12(16)10-6-9(17-3)7-18-10;/h6-7,11H,4-5,8,14H2,1-3H3;1H. The Morgan fingerprint density at radius 1 is 1.58 bits per heavy atom. The van der Waals surface area contributed by atoms with Crippen molar-refractivity contribution in [3.05, 3.63) is 16.3 Å². The Hall–Kier alpha value is -0.780. The van der Waals surface area contributed by atoms with E-state index in [1.807, 2.05) is 10.3 Å². The molecule has 2 rings (SSSR count). The molecule has 0 radical (unpaired) electrons. The van der Waals surface area contributed by atoms with Crippen molar-refractivity contribution < 1.29 is 9.53 Å². The topological polar surface area (TPSA) is 55.6 Å². The molecular weight excluding hydrogens is 284 g/mol. The summed E-state index contributed by atoms with van der Waals surface area (Å²) in [5.41, 5.74) is 6.07. The van der Waals surface area contributed by atoms with Crippen LogP contribution in [0.15, 0.2) is 11.4 Å². The van der Waals surface area contributed by atoms with Crippen LogP contribution in [0.5, 0.6) is 5.75 Å². The summed E-state index contributed by atoms with van der Waals surface area (Å²) < 4.78 is 5.11. The lowest BCUT2D eigenvalue weighted by atomic mass is 9.79. The number of ether oxygens (including phenoxy) is 1. The van der Waals surface area contributed by atoms with Gasteiger partial charge in [-0.05, 0) is 11.8 Å². The van der Waals surface area contributed by atoms with Crippen LogP contribution in [0.4, 0.5) is 0 Å². The Labute approximate surface area is 124 Å². The quantitative estimate of drug-likeness (QED) is 0.912. The molecule has 0 bridgehead atoms. The molecule has 0 aromatic carbocycles. The molecule has 0 saturated carbocycles. The van der Waals surface area contributed by atoms with Gasteiger partial charge in [-0.1, -0.05) is 13.8 Å². The zero-order chi connectivity index (χ0) is 13.3. The Balaban J connectivity index is 0.00000180. The van der Waals surface area contributed by atoms with Gasteiger partial charge in [-0.15, -0.1) is 23.7 Å². The van der Waals surface area contributed by atoms with Crippen LogP contribution >= 0.6 is 23.7 Å². The van der Waals surface area contributed by atoms with E-state index in [9.17, 15) is 4.79 Å². The third-order valence-corrected chi connectivity index (χ3v) is 4.52. The van der Waals surface area contributed by atoms with Crippen molar-refractivity contribution in [1.29, 1.82) is 0 Å². The number of hydrogen-bond acceptors (Lipinski definition) is 4. The second kappa shape index (κ2) is 6.11. The molecule has 2 heterocycles. The molecule has 1 aliphatic heterocycles. The molecule has 6 heteroatoms. The molecule has 0 aliphatic carbocycles. The van der Waals surface area contributed by atoms with Gasteiger partial charge in [-0.3, -0.25) is 4.79 Å². The van der Waals surface area contributed by atoms with Gasteiger partial charge >= 0.3 is 0 Å². The number of carbonyl (C=O) groups excluding carboxylic acids is 1. The monoisotopic (exact) mass is 304 g/mol. The second-order valence-electron chi connectivity index (χ2n) is 5.46. The molecule has 1 unspecified atom stereocenters. The summed E-state index contributed by atoms with van der Waals surface area (Å²) in [6, 6.07) is 1.97. The number of hydrogen-bond donors (Lipinski definition) is 1. The Bertz CT molecular complexity index is 448. The minimum absolute atomic E-state index is 0. The van der Waals surface area contributed by atoms with E-state index in [-0.39, 0.29) is 29.8 Å². The maximum atomic E-state index is 12.4. The van der Waals surface area contributed by atoms with Gasteiger partial charge in [0.15, 0.2) is 0 Å². The van der Waals surface area contributed by atoms with E-state index in [0.717, 1.165) is 23.6 Å². The van der Waals surface area contributed by atoms with E-state index >= 15 is 0 Å². The van der Waals surface area contributed by atoms with Gasteiger partial charge in [-0.25, -0.2) is 0 Å². The van der Waals surface area contributed by atoms with Crippen LogP contribution in [0.1, 0.15) is 29.9 Å². The number of amides is 1. The van der Waals surface area contributed by atoms with E-state index in [1.54, 1.807) is 13.2 Å². The summed E-state index contributed by atoms with van der Waals surface area (Å²) in [7, 11) is 1.61. The molecule has 1 aromatic heterocycles. The average molecular weight is 305 g/mol. The highest BCUT2D eigenvalue weighted by Gasteiger charge is 2.35. The van der Waals surface area contributed by atoms with Gasteiger partial charge < -0.3 is 15.4 Å². The van der Waals surface area contributed by atoms with Crippen molar-refractivity contribution in [2.24, 2.45) is 11.1 Å². The largest absolute Gasteiger partial charge is 0.496 e. The fourth-order valence-corrected chi connectivity index (χ4v) is 3.06. The van der Waals surface area contributed by atoms with Gasteiger partial charge in [0.2, 0.25) is 0 Å². The van der Waals surface area contributed by atoms with E-state index in [1.165, 1.54) is 11.3 Å². The van der Waals surface area contributed by atoms with Gasteiger partial charge in [0.05, 0.1) is 12.0 Å². The highest BCUT2D eigenvalue weighted by molar-refractivity contribution is 7.12. The third kappa shape index (κ3) is 3.41. The fourth-order valence-electron chi connectivity index (χ4n) is 2.24. The van der Waals surface area contributed by atoms with Crippen LogP contribution in [-0.4, -0.2) is 37.0 Å². The average Bonchev–Trinajstić information content (AvgIpc) is 2.80. The molecule has 2 N–H and O–H groups in total. The SMILES string of the molecule is COc1csc(C(=O)N2CCC(N)C(C)(C)C2)c1.Cl. The lowest BCUT2D eigenvalue weighted by Gasteiger charge is -2.42. The van der Waals surface area contributed by atoms with Crippen molar-refractivity contribution in [2.45, 2.75) is 26.3 Å². The number of nitrogens with zero attached hydrogens (tertiary/aromatic N) is 1. The highest BCUT2D eigenvalue weighted by Crippen LogP contribution is 2.30. The number of halogens is 1. The predicted molar refractivity (Wildman–Crippen MR) is 80.4 cm³/mol. The zero-order valence-electron chi connectivity index (χ0n) is 11.5. The molecule has 108 valence electrons. The van der Waals surface area contributed by atoms with Crippen LogP contribution in [0.2, 0.25) is 0 Å². The van der Waals surface area contributed by atoms with Crippen LogP contribution in [0, 0.1) is 5.41 Å². The normalized spacial score (nSPS) is 21.7. The van der Waals surface area contributed by atoms with Gasteiger partial charge in [0.1, 0.15) is 5.75 Å². The van der Waals surface area contributed by atoms with Crippen molar-refractivity contribution in [3.8, 4) is 5.75 Å². The van der Waals surface area contributed by atoms with Crippen LogP contribution in [0.25, 0.3) is 0 Å². The van der Waals surface area contributed by atoms with Gasteiger partial charge in [0, 0.05) is 30.6 Å². The van der Waals surface area contributed by atoms with E-state index in [0.29, 0.717) is 6.54 Å². The number of rotatable bonds is 2. The highest BCUT2D eigenvalue weighted by atomic mass is 35.5. The molecule has 1 aromatic rings. The van der Waals surface area contributed by atoms with Gasteiger partial charge in [-0.2, -0.15) is 0 Å². The third-order valence-electron chi connectivity index (χ3n) is 3.62. The molecule has 4 nitrogen and oxygen atoms in total. The molecule has 1 fully saturated rings. The first kappa shape index (κ1) is 16.3. The van der Waals surface area contributed by atoms with Crippen molar-refractivity contribution >= 4 is 29.7 Å². The number of thiophene rings is 1. The minimum Gasteiger partial charge on any atom is -0.496 e. The molecular formula is C13H21ClN2O2S. The van der Waals surface area contributed by atoms with Crippen LogP contribution in [-0.2, 0) is 0 Å². The lowest BCUT2D eigenvalue weighted by molar-refractivity contribution is 0.0537. The Kier molecular flexibility index (Phi) is 5.24. The lowest BCUT2D eigenvalue weighted by Crippen LogP contribution is -2.53. The predicted octanol–water partition coefficient (Wildman–Crippen LogP) is 2.38.